The maximum Gasteiger partial charge on any atom is 0.238 e. The van der Waals surface area contributed by atoms with Crippen LogP contribution in [-0.2, 0) is 9.59 Å². The summed E-state index contributed by atoms with van der Waals surface area (Å²) < 4.78 is 5.37. The van der Waals surface area contributed by atoms with Gasteiger partial charge in [0.1, 0.15) is 11.7 Å². The van der Waals surface area contributed by atoms with Gasteiger partial charge in [0.15, 0.2) is 5.13 Å². The first kappa shape index (κ1) is 18.4. The summed E-state index contributed by atoms with van der Waals surface area (Å²) in [6.45, 7) is 6.63. The van der Waals surface area contributed by atoms with Gasteiger partial charge >= 0.3 is 0 Å². The predicted molar refractivity (Wildman–Crippen MR) is 103 cm³/mol. The maximum atomic E-state index is 12.4. The van der Waals surface area contributed by atoms with Gasteiger partial charge in [-0.25, -0.2) is 4.98 Å². The van der Waals surface area contributed by atoms with Crippen molar-refractivity contribution in [1.29, 1.82) is 0 Å². The zero-order chi connectivity index (χ0) is 18.8. The quantitative estimate of drug-likeness (QED) is 0.807. The number of amides is 2. The number of methoxy groups -OCH3 is 1. The van der Waals surface area contributed by atoms with E-state index in [0.717, 1.165) is 39.4 Å². The minimum Gasteiger partial charge on any atom is -0.496 e. The molecule has 2 aromatic rings. The molecule has 0 spiro atoms. The van der Waals surface area contributed by atoms with Gasteiger partial charge in [-0.05, 0) is 56.9 Å². The van der Waals surface area contributed by atoms with Crippen molar-refractivity contribution in [2.75, 3.05) is 19.0 Å². The van der Waals surface area contributed by atoms with Gasteiger partial charge in [-0.15, -0.1) is 11.3 Å². The molecule has 6 nitrogen and oxygen atoms in total. The second kappa shape index (κ2) is 7.45. The van der Waals surface area contributed by atoms with Gasteiger partial charge in [0.25, 0.3) is 0 Å². The van der Waals surface area contributed by atoms with Gasteiger partial charge in [-0.2, -0.15) is 0 Å². The second-order valence-corrected chi connectivity index (χ2v) is 7.74. The Morgan fingerprint density at radius 3 is 2.77 bits per heavy atom. The van der Waals surface area contributed by atoms with E-state index in [1.165, 1.54) is 11.3 Å². The van der Waals surface area contributed by atoms with Crippen LogP contribution in [0.15, 0.2) is 12.1 Å². The molecule has 2 N–H and O–H groups in total. The summed E-state index contributed by atoms with van der Waals surface area (Å²) in [5.74, 6) is -0.286. The number of piperidine rings is 1. The number of rotatable bonds is 4. The van der Waals surface area contributed by atoms with Crippen LogP contribution in [0, 0.1) is 26.7 Å². The molecular formula is C19H23N3O3S. The number of hydrogen-bond acceptors (Lipinski definition) is 5. The predicted octanol–water partition coefficient (Wildman–Crippen LogP) is 3.21. The fourth-order valence-corrected chi connectivity index (χ4v) is 4.01. The van der Waals surface area contributed by atoms with E-state index >= 15 is 0 Å². The second-order valence-electron chi connectivity index (χ2n) is 6.54. The van der Waals surface area contributed by atoms with Crippen LogP contribution in [0.25, 0.3) is 11.3 Å². The molecule has 1 aliphatic rings. The van der Waals surface area contributed by atoms with E-state index in [4.69, 9.17) is 4.74 Å². The molecule has 1 unspecified atom stereocenters. The normalized spacial score (nSPS) is 16.9. The fraction of sp³-hybridized carbons (Fsp3) is 0.421. The number of anilines is 1. The number of carbonyl (C=O) groups excluding carboxylic acids is 2. The van der Waals surface area contributed by atoms with Gasteiger partial charge in [-0.1, -0.05) is 0 Å². The van der Waals surface area contributed by atoms with E-state index in [0.29, 0.717) is 18.1 Å². The lowest BCUT2D eigenvalue weighted by Crippen LogP contribution is -2.42. The first-order chi connectivity index (χ1) is 12.4. The third-order valence-electron chi connectivity index (χ3n) is 4.63. The summed E-state index contributed by atoms with van der Waals surface area (Å²) >= 11 is 1.42. The Morgan fingerprint density at radius 2 is 2.08 bits per heavy atom. The summed E-state index contributed by atoms with van der Waals surface area (Å²) in [5.41, 5.74) is 3.96. The number of aromatic nitrogens is 1. The number of nitrogens with one attached hydrogen (secondary N) is 2. The molecule has 2 amide bonds. The van der Waals surface area contributed by atoms with Gasteiger partial charge in [-0.3, -0.25) is 9.59 Å². The minimum absolute atomic E-state index is 0.205. The Kier molecular flexibility index (Phi) is 5.27. The molecular weight excluding hydrogens is 350 g/mol. The SMILES string of the molecule is COc1cc(C)c(-c2nc(NC(=O)C3CCCNC3=O)sc2C)cc1C. The van der Waals surface area contributed by atoms with E-state index < -0.39 is 5.92 Å². The Balaban J connectivity index is 1.85. The van der Waals surface area contributed by atoms with Crippen molar-refractivity contribution in [3.63, 3.8) is 0 Å². The fourth-order valence-electron chi connectivity index (χ4n) is 3.18. The van der Waals surface area contributed by atoms with E-state index in [1.807, 2.05) is 26.8 Å². The largest absolute Gasteiger partial charge is 0.496 e. The lowest BCUT2D eigenvalue weighted by molar-refractivity contribution is -0.134. The molecule has 0 radical (unpaired) electrons. The monoisotopic (exact) mass is 373 g/mol. The van der Waals surface area contributed by atoms with Crippen molar-refractivity contribution in [2.45, 2.75) is 33.6 Å². The van der Waals surface area contributed by atoms with Crippen molar-refractivity contribution in [1.82, 2.24) is 10.3 Å². The van der Waals surface area contributed by atoms with Crippen LogP contribution in [0.3, 0.4) is 0 Å². The van der Waals surface area contributed by atoms with Gasteiger partial charge in [0.2, 0.25) is 11.8 Å². The molecule has 2 heterocycles. The topological polar surface area (TPSA) is 80.3 Å². The number of hydrogen-bond donors (Lipinski definition) is 2. The summed E-state index contributed by atoms with van der Waals surface area (Å²) in [4.78, 5) is 29.9. The molecule has 3 rings (SSSR count). The van der Waals surface area contributed by atoms with Crippen LogP contribution < -0.4 is 15.4 Å². The molecule has 26 heavy (non-hydrogen) atoms. The average Bonchev–Trinajstić information content (AvgIpc) is 2.96. The Bertz CT molecular complexity index is 860. The lowest BCUT2D eigenvalue weighted by Gasteiger charge is -2.20. The van der Waals surface area contributed by atoms with E-state index in [9.17, 15) is 9.59 Å². The molecule has 138 valence electrons. The zero-order valence-electron chi connectivity index (χ0n) is 15.4. The van der Waals surface area contributed by atoms with E-state index in [-0.39, 0.29) is 11.8 Å². The van der Waals surface area contributed by atoms with Crippen LogP contribution in [0.1, 0.15) is 28.8 Å². The number of aryl methyl sites for hydroxylation is 3. The van der Waals surface area contributed by atoms with Crippen LogP contribution in [0.4, 0.5) is 5.13 Å². The summed E-state index contributed by atoms with van der Waals surface area (Å²) in [7, 11) is 1.66. The molecule has 1 aromatic carbocycles. The third kappa shape index (κ3) is 3.58. The Hall–Kier alpha value is -2.41. The molecule has 0 saturated carbocycles. The van der Waals surface area contributed by atoms with Crippen LogP contribution in [0.2, 0.25) is 0 Å². The summed E-state index contributed by atoms with van der Waals surface area (Å²) in [6, 6.07) is 4.05. The highest BCUT2D eigenvalue weighted by Crippen LogP contribution is 2.35. The standard InChI is InChI=1S/C19H23N3O3S/c1-10-9-15(25-4)11(2)8-14(10)16-12(3)26-19(21-16)22-18(24)13-6-5-7-20-17(13)23/h8-9,13H,5-7H2,1-4H3,(H,20,23)(H,21,22,24). The highest BCUT2D eigenvalue weighted by atomic mass is 32.1. The van der Waals surface area contributed by atoms with Gasteiger partial charge in [0.05, 0.1) is 12.8 Å². The van der Waals surface area contributed by atoms with Crippen LogP contribution >= 0.6 is 11.3 Å². The highest BCUT2D eigenvalue weighted by Gasteiger charge is 2.29. The Labute approximate surface area is 157 Å². The number of carbonyl (C=O) groups is 2. The molecule has 7 heteroatoms. The van der Waals surface area contributed by atoms with E-state index in [2.05, 4.69) is 21.7 Å². The Morgan fingerprint density at radius 1 is 1.31 bits per heavy atom. The highest BCUT2D eigenvalue weighted by molar-refractivity contribution is 7.16. The maximum absolute atomic E-state index is 12.4. The van der Waals surface area contributed by atoms with Crippen molar-refractivity contribution in [2.24, 2.45) is 5.92 Å². The zero-order valence-corrected chi connectivity index (χ0v) is 16.3. The summed E-state index contributed by atoms with van der Waals surface area (Å²) in [6.07, 6.45) is 1.39. The molecule has 1 aromatic heterocycles. The number of nitrogens with zero attached hydrogens (tertiary/aromatic N) is 1. The first-order valence-corrected chi connectivity index (χ1v) is 9.44. The number of thiazole rings is 1. The molecule has 0 aliphatic carbocycles. The summed E-state index contributed by atoms with van der Waals surface area (Å²) in [5, 5.41) is 6.07. The minimum atomic E-state index is -0.638. The van der Waals surface area contributed by atoms with Crippen molar-refractivity contribution in [3.8, 4) is 17.0 Å². The van der Waals surface area contributed by atoms with Gasteiger partial charge < -0.3 is 15.4 Å². The van der Waals surface area contributed by atoms with E-state index in [1.54, 1.807) is 7.11 Å². The number of ether oxygens (including phenoxy) is 1. The third-order valence-corrected chi connectivity index (χ3v) is 5.51. The molecule has 1 saturated heterocycles. The smallest absolute Gasteiger partial charge is 0.238 e. The van der Waals surface area contributed by atoms with Crippen molar-refractivity contribution in [3.05, 3.63) is 28.1 Å². The molecule has 1 fully saturated rings. The molecule has 1 aliphatic heterocycles. The average molecular weight is 373 g/mol. The van der Waals surface area contributed by atoms with Crippen LogP contribution in [-0.4, -0.2) is 30.5 Å². The number of benzene rings is 1. The first-order valence-electron chi connectivity index (χ1n) is 8.62. The molecule has 1 atom stereocenters. The van der Waals surface area contributed by atoms with Crippen molar-refractivity contribution < 1.29 is 14.3 Å². The lowest BCUT2D eigenvalue weighted by atomic mass is 9.98. The van der Waals surface area contributed by atoms with Crippen molar-refractivity contribution >= 4 is 28.3 Å². The van der Waals surface area contributed by atoms with Crippen LogP contribution in [0.5, 0.6) is 5.75 Å². The van der Waals surface area contributed by atoms with Gasteiger partial charge in [0, 0.05) is 17.0 Å². The molecule has 0 bridgehead atoms.